The van der Waals surface area contributed by atoms with E-state index in [-0.39, 0.29) is 11.7 Å². The summed E-state index contributed by atoms with van der Waals surface area (Å²) in [4.78, 5) is 17.5. The molecule has 1 N–H and O–H groups in total. The van der Waals surface area contributed by atoms with Crippen LogP contribution in [-0.2, 0) is 6.54 Å². The maximum Gasteiger partial charge on any atom is 0.329 e. The van der Waals surface area contributed by atoms with Crippen molar-refractivity contribution in [1.29, 1.82) is 0 Å². The molecule has 35 heavy (non-hydrogen) atoms. The second-order valence-electron chi connectivity index (χ2n) is 8.31. The molecular formula is C26H24BrN7O. The van der Waals surface area contributed by atoms with Crippen LogP contribution in [-0.4, -0.2) is 34.7 Å². The Morgan fingerprint density at radius 3 is 2.60 bits per heavy atom. The summed E-state index contributed by atoms with van der Waals surface area (Å²) < 4.78 is 4.62. The molecule has 1 unspecified atom stereocenters. The van der Waals surface area contributed by atoms with Crippen LogP contribution >= 0.6 is 15.9 Å². The third-order valence-corrected chi connectivity index (χ3v) is 6.80. The number of aromatic amines is 1. The van der Waals surface area contributed by atoms with Gasteiger partial charge in [0.15, 0.2) is 5.82 Å². The second kappa shape index (κ2) is 10.2. The highest BCUT2D eigenvalue weighted by Crippen LogP contribution is 2.30. The summed E-state index contributed by atoms with van der Waals surface area (Å²) >= 11 is 3.65. The van der Waals surface area contributed by atoms with Gasteiger partial charge in [0, 0.05) is 34.8 Å². The molecule has 0 radical (unpaired) electrons. The van der Waals surface area contributed by atoms with Gasteiger partial charge in [-0.2, -0.15) is 0 Å². The van der Waals surface area contributed by atoms with Gasteiger partial charge in [0.2, 0.25) is 0 Å². The van der Waals surface area contributed by atoms with Gasteiger partial charge in [0.1, 0.15) is 0 Å². The summed E-state index contributed by atoms with van der Waals surface area (Å²) in [6.45, 7) is 2.64. The summed E-state index contributed by atoms with van der Waals surface area (Å²) in [5.41, 5.74) is 4.96. The van der Waals surface area contributed by atoms with Crippen LogP contribution in [0.25, 0.3) is 22.5 Å². The van der Waals surface area contributed by atoms with Gasteiger partial charge in [-0.25, -0.2) is 9.89 Å². The molecule has 0 amide bonds. The first-order valence-electron chi connectivity index (χ1n) is 11.4. The minimum Gasteiger partial charge on any atom is -0.295 e. The number of aromatic nitrogens is 7. The van der Waals surface area contributed by atoms with Crippen LogP contribution in [0.3, 0.4) is 0 Å². The van der Waals surface area contributed by atoms with Crippen molar-refractivity contribution in [3.05, 3.63) is 105 Å². The van der Waals surface area contributed by atoms with E-state index in [4.69, 9.17) is 0 Å². The molecular weight excluding hydrogens is 506 g/mol. The number of hydrogen-bond donors (Lipinski definition) is 1. The molecule has 5 aromatic rings. The molecule has 0 fully saturated rings. The largest absolute Gasteiger partial charge is 0.329 e. The van der Waals surface area contributed by atoms with E-state index in [1.807, 2.05) is 65.5 Å². The van der Waals surface area contributed by atoms with Crippen molar-refractivity contribution in [3.63, 3.8) is 0 Å². The minimum absolute atomic E-state index is 0.0117. The molecule has 3 heterocycles. The van der Waals surface area contributed by atoms with Crippen molar-refractivity contribution in [3.8, 4) is 22.5 Å². The van der Waals surface area contributed by atoms with Crippen LogP contribution in [0.2, 0.25) is 0 Å². The molecule has 0 aliphatic rings. The lowest BCUT2D eigenvalue weighted by molar-refractivity contribution is 0.507. The molecule has 0 bridgehead atoms. The quantitative estimate of drug-likeness (QED) is 0.302. The molecule has 0 aliphatic heterocycles. The molecule has 0 aliphatic carbocycles. The van der Waals surface area contributed by atoms with Crippen LogP contribution in [0, 0.1) is 0 Å². The maximum absolute atomic E-state index is 13.3. The summed E-state index contributed by atoms with van der Waals surface area (Å²) in [7, 11) is 0. The number of rotatable bonds is 8. The Balaban J connectivity index is 1.40. The van der Waals surface area contributed by atoms with E-state index in [9.17, 15) is 4.79 Å². The van der Waals surface area contributed by atoms with E-state index in [0.717, 1.165) is 45.1 Å². The number of nitrogens with one attached hydrogen (secondary N) is 1. The van der Waals surface area contributed by atoms with Gasteiger partial charge < -0.3 is 0 Å². The normalized spacial score (nSPS) is 12.1. The molecule has 0 spiro atoms. The van der Waals surface area contributed by atoms with Crippen LogP contribution in [0.4, 0.5) is 0 Å². The molecule has 0 saturated heterocycles. The number of imidazole rings is 1. The Morgan fingerprint density at radius 1 is 1.03 bits per heavy atom. The number of halogens is 1. The van der Waals surface area contributed by atoms with Crippen LogP contribution in [0.1, 0.15) is 36.9 Å². The third-order valence-electron chi connectivity index (χ3n) is 6.08. The van der Waals surface area contributed by atoms with Crippen molar-refractivity contribution >= 4 is 15.9 Å². The van der Waals surface area contributed by atoms with Crippen LogP contribution in [0.15, 0.2) is 88.7 Å². The molecule has 8 nitrogen and oxygen atoms in total. The Bertz CT molecular complexity index is 1470. The first-order chi connectivity index (χ1) is 17.2. The zero-order chi connectivity index (χ0) is 24.2. The Labute approximate surface area is 210 Å². The Kier molecular flexibility index (Phi) is 6.67. The van der Waals surface area contributed by atoms with Gasteiger partial charge in [-0.1, -0.05) is 71.7 Å². The molecule has 176 valence electrons. The summed E-state index contributed by atoms with van der Waals surface area (Å²) in [5.74, 6) is 0.566. The lowest BCUT2D eigenvalue weighted by atomic mass is 10.00. The van der Waals surface area contributed by atoms with Gasteiger partial charge in [-0.3, -0.25) is 14.1 Å². The Morgan fingerprint density at radius 2 is 1.86 bits per heavy atom. The molecule has 5 rings (SSSR count). The van der Waals surface area contributed by atoms with Crippen LogP contribution < -0.4 is 5.69 Å². The smallest absolute Gasteiger partial charge is 0.295 e. The highest BCUT2D eigenvalue weighted by Gasteiger charge is 2.19. The maximum atomic E-state index is 13.3. The van der Waals surface area contributed by atoms with Gasteiger partial charge >= 0.3 is 5.69 Å². The number of nitrogens with zero attached hydrogens (tertiary/aromatic N) is 6. The van der Waals surface area contributed by atoms with Gasteiger partial charge in [0.05, 0.1) is 12.6 Å². The molecule has 1 atom stereocenters. The minimum atomic E-state index is -0.0162. The lowest BCUT2D eigenvalue weighted by Gasteiger charge is -2.19. The predicted molar refractivity (Wildman–Crippen MR) is 138 cm³/mol. The van der Waals surface area contributed by atoms with Gasteiger partial charge in [-0.05, 0) is 51.2 Å². The predicted octanol–water partition coefficient (Wildman–Crippen LogP) is 5.09. The van der Waals surface area contributed by atoms with E-state index in [2.05, 4.69) is 54.5 Å². The van der Waals surface area contributed by atoms with Crippen molar-refractivity contribution in [2.75, 3.05) is 0 Å². The number of hydrogen-bond acceptors (Lipinski definition) is 5. The van der Waals surface area contributed by atoms with E-state index in [1.54, 1.807) is 17.0 Å². The lowest BCUT2D eigenvalue weighted by Crippen LogP contribution is -2.28. The number of tetrazole rings is 1. The van der Waals surface area contributed by atoms with E-state index in [1.165, 1.54) is 0 Å². The zero-order valence-corrected chi connectivity index (χ0v) is 20.8. The summed E-state index contributed by atoms with van der Waals surface area (Å²) in [6, 6.07) is 18.2. The molecule has 2 aromatic carbocycles. The van der Waals surface area contributed by atoms with Gasteiger partial charge in [0.25, 0.3) is 0 Å². The average Bonchev–Trinajstić information content (AvgIpc) is 3.55. The number of H-pyrrole nitrogens is 1. The summed E-state index contributed by atoms with van der Waals surface area (Å²) in [6.07, 6.45) is 9.11. The van der Waals surface area contributed by atoms with Crippen molar-refractivity contribution < 1.29 is 0 Å². The number of benzene rings is 2. The topological polar surface area (TPSA) is 94.3 Å². The monoisotopic (exact) mass is 529 g/mol. The van der Waals surface area contributed by atoms with Crippen LogP contribution in [0.5, 0.6) is 0 Å². The van der Waals surface area contributed by atoms with Gasteiger partial charge in [-0.15, -0.1) is 5.10 Å². The average molecular weight is 530 g/mol. The molecule has 3 aromatic heterocycles. The zero-order valence-electron chi connectivity index (χ0n) is 19.2. The fourth-order valence-electron chi connectivity index (χ4n) is 4.34. The number of pyridine rings is 1. The molecule has 9 heteroatoms. The highest BCUT2D eigenvalue weighted by molar-refractivity contribution is 9.10. The first kappa shape index (κ1) is 22.9. The summed E-state index contributed by atoms with van der Waals surface area (Å²) in [5, 5.41) is 14.1. The fourth-order valence-corrected chi connectivity index (χ4v) is 4.89. The van der Waals surface area contributed by atoms with E-state index in [0.29, 0.717) is 12.4 Å². The third kappa shape index (κ3) is 4.72. The second-order valence-corrected chi connectivity index (χ2v) is 9.16. The highest BCUT2D eigenvalue weighted by atomic mass is 79.9. The first-order valence-corrected chi connectivity index (χ1v) is 12.2. The SMILES string of the molecule is CCCC(c1ccccc1Br)n1ccn(Cc2ccc(-c3ccncc3-c3nnn[nH]3)cc2)c1=O. The van der Waals surface area contributed by atoms with Crippen molar-refractivity contribution in [1.82, 2.24) is 34.7 Å². The Hall–Kier alpha value is -3.85. The molecule has 0 saturated carbocycles. The fraction of sp³-hybridized carbons (Fsp3) is 0.192. The van der Waals surface area contributed by atoms with Crippen molar-refractivity contribution in [2.24, 2.45) is 0 Å². The van der Waals surface area contributed by atoms with Crippen molar-refractivity contribution in [2.45, 2.75) is 32.4 Å². The van der Waals surface area contributed by atoms with E-state index < -0.39 is 0 Å². The standard InChI is InChI=1S/C26H24BrN7O/c1-2-5-24(21-6-3-4-7-23(21)27)34-15-14-33(26(34)35)17-18-8-10-19(11-9-18)20-12-13-28-16-22(20)25-29-31-32-30-25/h3-4,6-16,24H,2,5,17H2,1H3,(H,29,30,31,32). The van der Waals surface area contributed by atoms with E-state index >= 15 is 0 Å².